The molecule has 1 aliphatic rings. The van der Waals surface area contributed by atoms with Gasteiger partial charge in [-0.05, 0) is 55.0 Å². The Morgan fingerprint density at radius 3 is 2.68 bits per heavy atom. The van der Waals surface area contributed by atoms with Crippen molar-refractivity contribution in [2.45, 2.75) is 13.0 Å². The number of nitrogens with one attached hydrogen (secondary N) is 1. The van der Waals surface area contributed by atoms with Crippen molar-refractivity contribution in [2.24, 2.45) is 0 Å². The second kappa shape index (κ2) is 10.2. The van der Waals surface area contributed by atoms with Crippen molar-refractivity contribution in [1.29, 1.82) is 0 Å². The Kier molecular flexibility index (Phi) is 7.09. The lowest BCUT2D eigenvalue weighted by atomic mass is 9.94. The van der Waals surface area contributed by atoms with Crippen molar-refractivity contribution in [2.75, 3.05) is 34.5 Å². The molecular formula is C24H25FN4O4S. The zero-order valence-electron chi connectivity index (χ0n) is 19.3. The van der Waals surface area contributed by atoms with Gasteiger partial charge in [0.1, 0.15) is 5.75 Å². The summed E-state index contributed by atoms with van der Waals surface area (Å²) in [4.78, 5) is 6.53. The molecule has 34 heavy (non-hydrogen) atoms. The van der Waals surface area contributed by atoms with Crippen molar-refractivity contribution < 1.29 is 23.1 Å². The van der Waals surface area contributed by atoms with Crippen LogP contribution in [-0.2, 0) is 4.74 Å². The molecule has 1 unspecified atom stereocenters. The molecule has 2 heterocycles. The molecule has 3 aromatic rings. The van der Waals surface area contributed by atoms with Gasteiger partial charge >= 0.3 is 0 Å². The van der Waals surface area contributed by atoms with Crippen LogP contribution < -0.4 is 14.8 Å². The number of methoxy groups -OCH3 is 3. The summed E-state index contributed by atoms with van der Waals surface area (Å²) < 4.78 is 35.6. The molecule has 4 rings (SSSR count). The number of thiocarbonyl (C=S) groups is 1. The fourth-order valence-electron chi connectivity index (χ4n) is 3.84. The number of hydrogen-bond acceptors (Lipinski definition) is 7. The van der Waals surface area contributed by atoms with Crippen molar-refractivity contribution in [1.82, 2.24) is 20.4 Å². The van der Waals surface area contributed by atoms with Gasteiger partial charge in [0.15, 0.2) is 16.7 Å². The number of allylic oxidation sites excluding steroid dienone is 1. The zero-order chi connectivity index (χ0) is 24.2. The number of aromatic nitrogens is 2. The molecule has 0 saturated carbocycles. The smallest absolute Gasteiger partial charge is 0.258 e. The predicted molar refractivity (Wildman–Crippen MR) is 129 cm³/mol. The van der Waals surface area contributed by atoms with Crippen molar-refractivity contribution in [3.05, 3.63) is 65.4 Å². The van der Waals surface area contributed by atoms with Crippen LogP contribution in [0.4, 0.5) is 4.39 Å². The Balaban J connectivity index is 1.79. The van der Waals surface area contributed by atoms with Crippen molar-refractivity contribution >= 4 is 22.9 Å². The first kappa shape index (κ1) is 23.7. The number of halogens is 1. The Hall–Kier alpha value is -3.50. The third-order valence-electron chi connectivity index (χ3n) is 5.61. The first-order chi connectivity index (χ1) is 16.5. The van der Waals surface area contributed by atoms with E-state index in [2.05, 4.69) is 15.5 Å². The summed E-state index contributed by atoms with van der Waals surface area (Å²) in [7, 11) is 4.66. The van der Waals surface area contributed by atoms with Crippen LogP contribution in [0.1, 0.15) is 24.4 Å². The number of rotatable bonds is 8. The van der Waals surface area contributed by atoms with Crippen LogP contribution in [0.3, 0.4) is 0 Å². The Labute approximate surface area is 202 Å². The summed E-state index contributed by atoms with van der Waals surface area (Å²) >= 11 is 5.65. The fourth-order valence-corrected chi connectivity index (χ4v) is 4.18. The topological polar surface area (TPSA) is 81.9 Å². The molecule has 0 aliphatic carbocycles. The minimum absolute atomic E-state index is 0.142. The molecule has 0 fully saturated rings. The standard InChI is InChI=1S/C24H25FN4O4S/c1-14-20(23-27-22(28-33-23)16-8-9-19(32-4)18(25)13-16)21(15-6-5-7-17(12-15)31-3)26-24(34)29(14)10-11-30-2/h5-9,12-13,21H,10-11H2,1-4H3,(H,26,34). The highest BCUT2D eigenvalue weighted by atomic mass is 32.1. The quantitative estimate of drug-likeness (QED) is 0.473. The van der Waals surface area contributed by atoms with Gasteiger partial charge in [-0.25, -0.2) is 4.39 Å². The van der Waals surface area contributed by atoms with Gasteiger partial charge in [-0.1, -0.05) is 17.3 Å². The van der Waals surface area contributed by atoms with Crippen LogP contribution >= 0.6 is 12.2 Å². The lowest BCUT2D eigenvalue weighted by molar-refractivity contribution is 0.183. The SMILES string of the molecule is COCCN1C(=S)NC(c2cccc(OC)c2)C(c2nc(-c3ccc(OC)c(F)c3)no2)=C1C. The van der Waals surface area contributed by atoms with Gasteiger partial charge in [0.2, 0.25) is 5.82 Å². The first-order valence-corrected chi connectivity index (χ1v) is 11.0. The van der Waals surface area contributed by atoms with Gasteiger partial charge in [-0.3, -0.25) is 0 Å². The lowest BCUT2D eigenvalue weighted by Crippen LogP contribution is -2.47. The molecule has 1 N–H and O–H groups in total. The van der Waals surface area contributed by atoms with Gasteiger partial charge in [-0.2, -0.15) is 4.98 Å². The Bertz CT molecular complexity index is 1230. The third-order valence-corrected chi connectivity index (χ3v) is 5.95. The van der Waals surface area contributed by atoms with Gasteiger partial charge in [0.05, 0.1) is 32.4 Å². The molecule has 0 bridgehead atoms. The van der Waals surface area contributed by atoms with Crippen molar-refractivity contribution in [3.63, 3.8) is 0 Å². The van der Waals surface area contributed by atoms with E-state index >= 15 is 0 Å². The highest BCUT2D eigenvalue weighted by Crippen LogP contribution is 2.38. The Morgan fingerprint density at radius 2 is 1.97 bits per heavy atom. The average molecular weight is 485 g/mol. The third kappa shape index (κ3) is 4.59. The van der Waals surface area contributed by atoms with Gasteiger partial charge < -0.3 is 29.0 Å². The van der Waals surface area contributed by atoms with Gasteiger partial charge in [-0.15, -0.1) is 0 Å². The van der Waals surface area contributed by atoms with E-state index in [1.165, 1.54) is 19.2 Å². The zero-order valence-corrected chi connectivity index (χ0v) is 20.1. The summed E-state index contributed by atoms with van der Waals surface area (Å²) in [5.41, 5.74) is 2.99. The fraction of sp³-hybridized carbons (Fsp3) is 0.292. The molecular weight excluding hydrogens is 459 g/mol. The molecule has 0 spiro atoms. The number of hydrogen-bond donors (Lipinski definition) is 1. The number of benzene rings is 2. The maximum atomic E-state index is 14.3. The maximum absolute atomic E-state index is 14.3. The predicted octanol–water partition coefficient (Wildman–Crippen LogP) is 4.20. The average Bonchev–Trinajstić information content (AvgIpc) is 3.33. The van der Waals surface area contributed by atoms with Crippen LogP contribution in [0, 0.1) is 5.82 Å². The molecule has 1 aromatic heterocycles. The minimum Gasteiger partial charge on any atom is -0.497 e. The van der Waals surface area contributed by atoms with E-state index in [1.54, 1.807) is 20.3 Å². The molecule has 2 aromatic carbocycles. The molecule has 1 aliphatic heterocycles. The summed E-state index contributed by atoms with van der Waals surface area (Å²) in [5.74, 6) is 0.907. The highest BCUT2D eigenvalue weighted by Gasteiger charge is 2.34. The van der Waals surface area contributed by atoms with Crippen molar-refractivity contribution in [3.8, 4) is 22.9 Å². The summed E-state index contributed by atoms with van der Waals surface area (Å²) in [6.45, 7) is 2.98. The Morgan fingerprint density at radius 1 is 1.15 bits per heavy atom. The highest BCUT2D eigenvalue weighted by molar-refractivity contribution is 7.80. The molecule has 0 saturated heterocycles. The van der Waals surface area contributed by atoms with Crippen LogP contribution in [0.25, 0.3) is 17.0 Å². The summed E-state index contributed by atoms with van der Waals surface area (Å²) in [5, 5.41) is 8.04. The molecule has 178 valence electrons. The molecule has 10 heteroatoms. The number of nitrogens with zero attached hydrogens (tertiary/aromatic N) is 3. The van der Waals surface area contributed by atoms with Crippen LogP contribution in [0.15, 0.2) is 52.7 Å². The second-order valence-electron chi connectivity index (χ2n) is 7.58. The first-order valence-electron chi connectivity index (χ1n) is 10.6. The maximum Gasteiger partial charge on any atom is 0.258 e. The molecule has 0 amide bonds. The van der Waals surface area contributed by atoms with Crippen LogP contribution in [-0.4, -0.2) is 54.6 Å². The molecule has 8 nitrogen and oxygen atoms in total. The lowest BCUT2D eigenvalue weighted by Gasteiger charge is -2.37. The van der Waals surface area contributed by atoms with Gasteiger partial charge in [0, 0.05) is 24.9 Å². The second-order valence-corrected chi connectivity index (χ2v) is 7.96. The summed E-state index contributed by atoms with van der Waals surface area (Å²) in [6.07, 6.45) is 0. The molecule has 1 atom stereocenters. The molecule has 0 radical (unpaired) electrons. The van der Waals surface area contributed by atoms with E-state index in [4.69, 9.17) is 31.0 Å². The van der Waals surface area contributed by atoms with E-state index in [0.29, 0.717) is 35.5 Å². The van der Waals surface area contributed by atoms with Crippen LogP contribution in [0.5, 0.6) is 11.5 Å². The van der Waals surface area contributed by atoms with E-state index in [-0.39, 0.29) is 17.6 Å². The minimum atomic E-state index is -0.508. The largest absolute Gasteiger partial charge is 0.497 e. The number of ether oxygens (including phenoxy) is 3. The van der Waals surface area contributed by atoms with E-state index < -0.39 is 5.82 Å². The van der Waals surface area contributed by atoms with E-state index in [9.17, 15) is 4.39 Å². The van der Waals surface area contributed by atoms with E-state index in [0.717, 1.165) is 16.8 Å². The van der Waals surface area contributed by atoms with Gasteiger partial charge in [0.25, 0.3) is 5.89 Å². The summed E-state index contributed by atoms with van der Waals surface area (Å²) in [6, 6.07) is 11.8. The van der Waals surface area contributed by atoms with E-state index in [1.807, 2.05) is 36.1 Å². The van der Waals surface area contributed by atoms with Crippen LogP contribution in [0.2, 0.25) is 0 Å². The monoisotopic (exact) mass is 484 g/mol. The normalized spacial score (nSPS) is 16.0.